The van der Waals surface area contributed by atoms with Crippen LogP contribution in [0.2, 0.25) is 0 Å². The van der Waals surface area contributed by atoms with Crippen molar-refractivity contribution in [2.45, 2.75) is 47.1 Å². The zero-order valence-corrected chi connectivity index (χ0v) is 11.4. The van der Waals surface area contributed by atoms with Crippen molar-refractivity contribution >= 4 is 11.6 Å². The molecular formula is C14H21NO2. The third kappa shape index (κ3) is 2.86. The molecule has 3 nitrogen and oxygen atoms in total. The Kier molecular flexibility index (Phi) is 3.62. The van der Waals surface area contributed by atoms with Crippen molar-refractivity contribution in [3.63, 3.8) is 0 Å². The minimum atomic E-state index is -1.36. The lowest BCUT2D eigenvalue weighted by atomic mass is 9.98. The number of hydrogen-bond donors (Lipinski definition) is 2. The van der Waals surface area contributed by atoms with Crippen LogP contribution in [0, 0.1) is 27.7 Å². The Morgan fingerprint density at radius 2 is 1.53 bits per heavy atom. The van der Waals surface area contributed by atoms with E-state index in [-0.39, 0.29) is 5.91 Å². The molecule has 0 heterocycles. The Morgan fingerprint density at radius 1 is 1.12 bits per heavy atom. The molecule has 0 radical (unpaired) electrons. The SMILES string of the molecule is Cc1cc(C)c(C)c(NC(=O)C(C)(C)O)c1C. The smallest absolute Gasteiger partial charge is 0.255 e. The third-order valence-corrected chi connectivity index (χ3v) is 3.16. The van der Waals surface area contributed by atoms with Gasteiger partial charge in [0.25, 0.3) is 5.91 Å². The molecule has 0 spiro atoms. The van der Waals surface area contributed by atoms with E-state index in [2.05, 4.69) is 11.4 Å². The first-order chi connectivity index (χ1) is 7.64. The minimum absolute atomic E-state index is 0.381. The normalized spacial score (nSPS) is 11.5. The summed E-state index contributed by atoms with van der Waals surface area (Å²) >= 11 is 0. The second-order valence-corrected chi connectivity index (χ2v) is 5.15. The van der Waals surface area contributed by atoms with Crippen molar-refractivity contribution in [1.29, 1.82) is 0 Å². The summed E-state index contributed by atoms with van der Waals surface area (Å²) in [7, 11) is 0. The zero-order chi connectivity index (χ0) is 13.4. The Hall–Kier alpha value is -1.35. The van der Waals surface area contributed by atoms with Gasteiger partial charge in [-0.05, 0) is 63.8 Å². The molecule has 0 aliphatic heterocycles. The van der Waals surface area contributed by atoms with Gasteiger partial charge in [0.05, 0.1) is 0 Å². The summed E-state index contributed by atoms with van der Waals surface area (Å²) in [5.74, 6) is -0.381. The van der Waals surface area contributed by atoms with Crippen LogP contribution in [-0.2, 0) is 4.79 Å². The quantitative estimate of drug-likeness (QED) is 0.828. The van der Waals surface area contributed by atoms with Crippen molar-refractivity contribution in [3.05, 3.63) is 28.3 Å². The van der Waals surface area contributed by atoms with E-state index in [0.29, 0.717) is 0 Å². The number of aliphatic hydroxyl groups is 1. The zero-order valence-electron chi connectivity index (χ0n) is 11.4. The first kappa shape index (κ1) is 13.7. The number of benzene rings is 1. The molecule has 1 rings (SSSR count). The lowest BCUT2D eigenvalue weighted by Gasteiger charge is -2.21. The number of carbonyl (C=O) groups excluding carboxylic acids is 1. The van der Waals surface area contributed by atoms with Crippen LogP contribution < -0.4 is 5.32 Å². The summed E-state index contributed by atoms with van der Waals surface area (Å²) in [6, 6.07) is 2.10. The van der Waals surface area contributed by atoms with Crippen LogP contribution in [0.3, 0.4) is 0 Å². The van der Waals surface area contributed by atoms with Gasteiger partial charge in [-0.25, -0.2) is 0 Å². The molecule has 0 aromatic heterocycles. The molecule has 0 atom stereocenters. The monoisotopic (exact) mass is 235 g/mol. The number of hydrogen-bond acceptors (Lipinski definition) is 2. The number of anilines is 1. The maximum Gasteiger partial charge on any atom is 0.255 e. The van der Waals surface area contributed by atoms with E-state index < -0.39 is 5.60 Å². The highest BCUT2D eigenvalue weighted by Gasteiger charge is 2.25. The van der Waals surface area contributed by atoms with Crippen LogP contribution in [0.4, 0.5) is 5.69 Å². The van der Waals surface area contributed by atoms with E-state index >= 15 is 0 Å². The van der Waals surface area contributed by atoms with Gasteiger partial charge < -0.3 is 10.4 Å². The first-order valence-corrected chi connectivity index (χ1v) is 5.76. The molecule has 0 aliphatic carbocycles. The molecule has 0 saturated carbocycles. The molecule has 17 heavy (non-hydrogen) atoms. The average molecular weight is 235 g/mol. The molecule has 0 bridgehead atoms. The second-order valence-electron chi connectivity index (χ2n) is 5.15. The molecule has 2 N–H and O–H groups in total. The van der Waals surface area contributed by atoms with E-state index in [1.807, 2.05) is 27.7 Å². The number of amides is 1. The van der Waals surface area contributed by atoms with Crippen molar-refractivity contribution in [3.8, 4) is 0 Å². The predicted molar refractivity (Wildman–Crippen MR) is 70.3 cm³/mol. The van der Waals surface area contributed by atoms with Crippen LogP contribution >= 0.6 is 0 Å². The second kappa shape index (κ2) is 4.49. The highest BCUT2D eigenvalue weighted by molar-refractivity contribution is 5.98. The van der Waals surface area contributed by atoms with Crippen LogP contribution in [0.1, 0.15) is 36.1 Å². The molecular weight excluding hydrogens is 214 g/mol. The maximum atomic E-state index is 11.8. The Balaban J connectivity index is 3.20. The molecule has 94 valence electrons. The fourth-order valence-electron chi connectivity index (χ4n) is 1.67. The van der Waals surface area contributed by atoms with Crippen LogP contribution in [-0.4, -0.2) is 16.6 Å². The first-order valence-electron chi connectivity index (χ1n) is 5.76. The van der Waals surface area contributed by atoms with Gasteiger partial charge in [-0.15, -0.1) is 0 Å². The highest BCUT2D eigenvalue weighted by atomic mass is 16.3. The Bertz CT molecular complexity index is 430. The molecule has 1 aromatic carbocycles. The topological polar surface area (TPSA) is 49.3 Å². The van der Waals surface area contributed by atoms with Crippen LogP contribution in [0.15, 0.2) is 6.07 Å². The Morgan fingerprint density at radius 3 is 1.88 bits per heavy atom. The van der Waals surface area contributed by atoms with Gasteiger partial charge in [0, 0.05) is 5.69 Å². The van der Waals surface area contributed by atoms with E-state index in [1.54, 1.807) is 0 Å². The number of nitrogens with one attached hydrogen (secondary N) is 1. The van der Waals surface area contributed by atoms with Gasteiger partial charge >= 0.3 is 0 Å². The lowest BCUT2D eigenvalue weighted by molar-refractivity contribution is -0.130. The van der Waals surface area contributed by atoms with Gasteiger partial charge in [-0.1, -0.05) is 6.07 Å². The molecule has 3 heteroatoms. The maximum absolute atomic E-state index is 11.8. The summed E-state index contributed by atoms with van der Waals surface area (Å²) in [4.78, 5) is 11.8. The summed E-state index contributed by atoms with van der Waals surface area (Å²) in [5.41, 5.74) is 3.82. The summed E-state index contributed by atoms with van der Waals surface area (Å²) < 4.78 is 0. The number of aryl methyl sites for hydroxylation is 2. The molecule has 0 saturated heterocycles. The molecule has 0 aliphatic rings. The average Bonchev–Trinajstić information content (AvgIpc) is 2.20. The van der Waals surface area contributed by atoms with Crippen LogP contribution in [0.25, 0.3) is 0 Å². The summed E-state index contributed by atoms with van der Waals surface area (Å²) in [6.45, 7) is 10.9. The van der Waals surface area contributed by atoms with Crippen molar-refractivity contribution < 1.29 is 9.90 Å². The van der Waals surface area contributed by atoms with E-state index in [0.717, 1.165) is 27.9 Å². The predicted octanol–water partition coefficient (Wildman–Crippen LogP) is 2.63. The molecule has 1 aromatic rings. The fraction of sp³-hybridized carbons (Fsp3) is 0.500. The summed E-state index contributed by atoms with van der Waals surface area (Å²) in [5, 5.41) is 12.5. The van der Waals surface area contributed by atoms with E-state index in [1.165, 1.54) is 13.8 Å². The van der Waals surface area contributed by atoms with Crippen molar-refractivity contribution in [2.24, 2.45) is 0 Å². The minimum Gasteiger partial charge on any atom is -0.381 e. The summed E-state index contributed by atoms with van der Waals surface area (Å²) in [6.07, 6.45) is 0. The molecule has 0 fully saturated rings. The third-order valence-electron chi connectivity index (χ3n) is 3.16. The number of rotatable bonds is 2. The molecule has 0 unspecified atom stereocenters. The lowest BCUT2D eigenvalue weighted by Crippen LogP contribution is -2.37. The van der Waals surface area contributed by atoms with Gasteiger partial charge in [0.2, 0.25) is 0 Å². The van der Waals surface area contributed by atoms with Gasteiger partial charge in [0.15, 0.2) is 0 Å². The number of carbonyl (C=O) groups is 1. The molecule has 1 amide bonds. The van der Waals surface area contributed by atoms with Crippen LogP contribution in [0.5, 0.6) is 0 Å². The Labute approximate surface area is 103 Å². The van der Waals surface area contributed by atoms with Crippen molar-refractivity contribution in [1.82, 2.24) is 0 Å². The van der Waals surface area contributed by atoms with Gasteiger partial charge in [-0.2, -0.15) is 0 Å². The van der Waals surface area contributed by atoms with Crippen molar-refractivity contribution in [2.75, 3.05) is 5.32 Å². The van der Waals surface area contributed by atoms with Gasteiger partial charge in [0.1, 0.15) is 5.60 Å². The van der Waals surface area contributed by atoms with E-state index in [4.69, 9.17) is 0 Å². The van der Waals surface area contributed by atoms with E-state index in [9.17, 15) is 9.90 Å². The fourth-order valence-corrected chi connectivity index (χ4v) is 1.67. The highest BCUT2D eigenvalue weighted by Crippen LogP contribution is 2.27. The van der Waals surface area contributed by atoms with Gasteiger partial charge in [-0.3, -0.25) is 4.79 Å². The standard InChI is InChI=1S/C14H21NO2/c1-8-7-9(2)11(4)12(10(8)3)15-13(16)14(5,6)17/h7,17H,1-6H3,(H,15,16). The largest absolute Gasteiger partial charge is 0.381 e.